The zero-order valence-corrected chi connectivity index (χ0v) is 10.8. The second-order valence-corrected chi connectivity index (χ2v) is 4.20. The van der Waals surface area contributed by atoms with Crippen LogP contribution in [0.4, 0.5) is 18.9 Å². The van der Waals surface area contributed by atoms with Gasteiger partial charge in [0, 0.05) is 12.1 Å². The van der Waals surface area contributed by atoms with Crippen molar-refractivity contribution in [2.75, 3.05) is 5.73 Å². The summed E-state index contributed by atoms with van der Waals surface area (Å²) < 4.78 is 38.0. The van der Waals surface area contributed by atoms with E-state index in [1.54, 1.807) is 6.92 Å². The number of halogens is 3. The highest BCUT2D eigenvalue weighted by Gasteiger charge is 2.32. The van der Waals surface area contributed by atoms with Crippen molar-refractivity contribution in [1.82, 2.24) is 0 Å². The van der Waals surface area contributed by atoms with Gasteiger partial charge in [0.2, 0.25) is 0 Å². The van der Waals surface area contributed by atoms with Crippen LogP contribution in [0.1, 0.15) is 36.8 Å². The van der Waals surface area contributed by atoms with Gasteiger partial charge in [-0.3, -0.25) is 4.79 Å². The number of rotatable bonds is 4. The van der Waals surface area contributed by atoms with Crippen molar-refractivity contribution in [1.29, 1.82) is 0 Å². The number of carbonyl (C=O) groups is 1. The van der Waals surface area contributed by atoms with E-state index in [9.17, 15) is 18.0 Å². The first-order chi connectivity index (χ1) is 9.27. The van der Waals surface area contributed by atoms with Gasteiger partial charge in [0.1, 0.15) is 0 Å². The Labute approximate surface area is 114 Å². The fourth-order valence-corrected chi connectivity index (χ4v) is 1.81. The molecule has 1 rings (SSSR count). The Kier molecular flexibility index (Phi) is 5.03. The van der Waals surface area contributed by atoms with Crippen LogP contribution in [0.15, 0.2) is 18.2 Å². The van der Waals surface area contributed by atoms with Gasteiger partial charge in [0.15, 0.2) is 0 Å². The van der Waals surface area contributed by atoms with Crippen molar-refractivity contribution in [2.24, 2.45) is 0 Å². The zero-order valence-electron chi connectivity index (χ0n) is 10.8. The van der Waals surface area contributed by atoms with Gasteiger partial charge in [-0.1, -0.05) is 0 Å². The van der Waals surface area contributed by atoms with Gasteiger partial charge in [-0.25, -0.2) is 0 Å². The topological polar surface area (TPSA) is 63.3 Å². The minimum Gasteiger partial charge on any atom is -0.481 e. The van der Waals surface area contributed by atoms with Gasteiger partial charge < -0.3 is 10.8 Å². The molecule has 0 fully saturated rings. The second-order valence-electron chi connectivity index (χ2n) is 4.20. The molecule has 0 radical (unpaired) electrons. The quantitative estimate of drug-likeness (QED) is 0.659. The molecular weight excluding hydrogens is 271 g/mol. The van der Waals surface area contributed by atoms with Crippen molar-refractivity contribution in [2.45, 2.75) is 31.9 Å². The molecule has 0 bridgehead atoms. The third kappa shape index (κ3) is 3.92. The van der Waals surface area contributed by atoms with E-state index in [2.05, 4.69) is 11.8 Å². The highest BCUT2D eigenvalue weighted by Crippen LogP contribution is 2.34. The van der Waals surface area contributed by atoms with Crippen molar-refractivity contribution in [3.05, 3.63) is 29.3 Å². The molecule has 6 heteroatoms. The van der Waals surface area contributed by atoms with E-state index in [0.29, 0.717) is 0 Å². The zero-order chi connectivity index (χ0) is 15.3. The van der Waals surface area contributed by atoms with Crippen LogP contribution in [0.3, 0.4) is 0 Å². The highest BCUT2D eigenvalue weighted by molar-refractivity contribution is 5.78. The molecule has 1 atom stereocenters. The predicted molar refractivity (Wildman–Crippen MR) is 68.9 cm³/mol. The standard InChI is InChI=1S/C14H14F3NO2/c1-2-3-4-5-10(13(19)20)11-8-9(14(15,16)17)6-7-12(11)18/h6-8,10H,4-5,18H2,1H3,(H,19,20). The van der Waals surface area contributed by atoms with Crippen LogP contribution in [0.5, 0.6) is 0 Å². The fourth-order valence-electron chi connectivity index (χ4n) is 1.81. The molecule has 3 nitrogen and oxygen atoms in total. The number of carboxylic acid groups (broad SMARTS) is 1. The minimum absolute atomic E-state index is 0.0229. The van der Waals surface area contributed by atoms with Crippen LogP contribution in [-0.4, -0.2) is 11.1 Å². The van der Waals surface area contributed by atoms with E-state index in [4.69, 9.17) is 10.8 Å². The van der Waals surface area contributed by atoms with Crippen LogP contribution < -0.4 is 5.73 Å². The molecular formula is C14H14F3NO2. The molecule has 0 amide bonds. The Hall–Kier alpha value is -2.16. The maximum atomic E-state index is 12.7. The Bertz CT molecular complexity index is 556. The van der Waals surface area contributed by atoms with E-state index in [1.807, 2.05) is 0 Å². The molecule has 0 saturated carbocycles. The lowest BCUT2D eigenvalue weighted by molar-refractivity contribution is -0.140. The molecule has 20 heavy (non-hydrogen) atoms. The van der Waals surface area contributed by atoms with Crippen LogP contribution >= 0.6 is 0 Å². The maximum Gasteiger partial charge on any atom is 0.416 e. The normalized spacial score (nSPS) is 12.4. The number of anilines is 1. The van der Waals surface area contributed by atoms with Crippen molar-refractivity contribution < 1.29 is 23.1 Å². The number of hydrogen-bond donors (Lipinski definition) is 2. The third-order valence-corrected chi connectivity index (χ3v) is 2.82. The number of nitrogens with two attached hydrogens (primary N) is 1. The molecule has 1 aromatic rings. The number of aliphatic carboxylic acids is 1. The summed E-state index contributed by atoms with van der Waals surface area (Å²) in [6.07, 6.45) is -4.14. The van der Waals surface area contributed by atoms with E-state index >= 15 is 0 Å². The second kappa shape index (κ2) is 6.33. The summed E-state index contributed by atoms with van der Waals surface area (Å²) in [5.41, 5.74) is 4.72. The minimum atomic E-state index is -4.53. The summed E-state index contributed by atoms with van der Waals surface area (Å²) in [6, 6.07) is 2.72. The summed E-state index contributed by atoms with van der Waals surface area (Å²) in [7, 11) is 0. The van der Waals surface area contributed by atoms with Crippen LogP contribution in [0.25, 0.3) is 0 Å². The summed E-state index contributed by atoms with van der Waals surface area (Å²) in [6.45, 7) is 1.61. The predicted octanol–water partition coefficient (Wildman–Crippen LogP) is 3.26. The molecule has 0 aliphatic rings. The van der Waals surface area contributed by atoms with Gasteiger partial charge in [-0.05, 0) is 37.1 Å². The van der Waals surface area contributed by atoms with Crippen LogP contribution in [0.2, 0.25) is 0 Å². The average molecular weight is 285 g/mol. The number of benzene rings is 1. The van der Waals surface area contributed by atoms with Gasteiger partial charge in [-0.15, -0.1) is 11.8 Å². The number of hydrogen-bond acceptors (Lipinski definition) is 2. The smallest absolute Gasteiger partial charge is 0.416 e. The summed E-state index contributed by atoms with van der Waals surface area (Å²) in [4.78, 5) is 11.2. The monoisotopic (exact) mass is 285 g/mol. The molecule has 1 aromatic carbocycles. The SMILES string of the molecule is CC#CCCC(C(=O)O)c1cc(C(F)(F)F)ccc1N. The number of carboxylic acids is 1. The Morgan fingerprint density at radius 2 is 2.10 bits per heavy atom. The first kappa shape index (κ1) is 15.9. The van der Waals surface area contributed by atoms with Crippen molar-refractivity contribution in [3.63, 3.8) is 0 Å². The first-order valence-corrected chi connectivity index (χ1v) is 5.86. The Morgan fingerprint density at radius 3 is 2.60 bits per heavy atom. The molecule has 0 aromatic heterocycles. The van der Waals surface area contributed by atoms with Crippen LogP contribution in [0, 0.1) is 11.8 Å². The molecule has 1 unspecified atom stereocenters. The third-order valence-electron chi connectivity index (χ3n) is 2.82. The van der Waals surface area contributed by atoms with Crippen molar-refractivity contribution >= 4 is 11.7 Å². The summed E-state index contributed by atoms with van der Waals surface area (Å²) in [5.74, 6) is 2.99. The Morgan fingerprint density at radius 1 is 1.45 bits per heavy atom. The van der Waals surface area contributed by atoms with Crippen molar-refractivity contribution in [3.8, 4) is 11.8 Å². The molecule has 3 N–H and O–H groups in total. The number of alkyl halides is 3. The summed E-state index contributed by atoms with van der Waals surface area (Å²) in [5, 5.41) is 9.16. The molecule has 0 aliphatic carbocycles. The fraction of sp³-hybridized carbons (Fsp3) is 0.357. The lowest BCUT2D eigenvalue weighted by Gasteiger charge is -2.16. The first-order valence-electron chi connectivity index (χ1n) is 5.86. The molecule has 0 saturated heterocycles. The van der Waals surface area contributed by atoms with E-state index < -0.39 is 23.6 Å². The number of nitrogen functional groups attached to an aromatic ring is 1. The lowest BCUT2D eigenvalue weighted by Crippen LogP contribution is -2.15. The van der Waals surface area contributed by atoms with Gasteiger partial charge >= 0.3 is 12.1 Å². The van der Waals surface area contributed by atoms with Gasteiger partial charge in [-0.2, -0.15) is 13.2 Å². The molecule has 0 heterocycles. The van der Waals surface area contributed by atoms with E-state index in [0.717, 1.165) is 18.2 Å². The summed E-state index contributed by atoms with van der Waals surface area (Å²) >= 11 is 0. The highest BCUT2D eigenvalue weighted by atomic mass is 19.4. The molecule has 0 spiro atoms. The average Bonchev–Trinajstić information content (AvgIpc) is 2.34. The van der Waals surface area contributed by atoms with Gasteiger partial charge in [0.05, 0.1) is 11.5 Å². The van der Waals surface area contributed by atoms with E-state index in [1.165, 1.54) is 0 Å². The maximum absolute atomic E-state index is 12.7. The largest absolute Gasteiger partial charge is 0.481 e. The molecule has 0 aliphatic heterocycles. The lowest BCUT2D eigenvalue weighted by atomic mass is 9.91. The molecule has 108 valence electrons. The van der Waals surface area contributed by atoms with Crippen LogP contribution in [-0.2, 0) is 11.0 Å². The van der Waals surface area contributed by atoms with E-state index in [-0.39, 0.29) is 24.1 Å². The Balaban J connectivity index is 3.17. The van der Waals surface area contributed by atoms with Gasteiger partial charge in [0.25, 0.3) is 0 Å².